The van der Waals surface area contributed by atoms with E-state index in [2.05, 4.69) is 66.0 Å². The van der Waals surface area contributed by atoms with Gasteiger partial charge in [0.15, 0.2) is 0 Å². The summed E-state index contributed by atoms with van der Waals surface area (Å²) in [6, 6.07) is 9.72. The molecule has 2 aromatic carbocycles. The molecule has 0 unspecified atom stereocenters. The van der Waals surface area contributed by atoms with E-state index in [0.29, 0.717) is 129 Å². The standard InChI is InChI=1S/C38H54N14O8S2/c1-49(2)15-5-13-39-33-43-35(47-37(45-33)51-17-21-57-22-18-51)41-29-11-9-27(31(25-29)61-60-59-53)7-8-28-10-12-30(26-32(28)62(54,55)56)42-36-44-34(40-14-6-16-50(3)4)46-38(48-36)52-19-23-58-24-20-52/h7-12,25-26,53H,5-6,13-24H2,1-4H3,(H,54,55,56)(H2,39,41,43,45,47)(H2,40,42,44,46,48)/b8-7+. The second-order valence-corrected chi connectivity index (χ2v) is 16.9. The van der Waals surface area contributed by atoms with Crippen molar-refractivity contribution in [3.05, 3.63) is 47.5 Å². The van der Waals surface area contributed by atoms with Crippen LogP contribution < -0.4 is 31.1 Å². The molecule has 4 aromatic rings. The molecule has 6 N–H and O–H groups in total. The fourth-order valence-electron chi connectivity index (χ4n) is 6.28. The fraction of sp³-hybridized carbons (Fsp3) is 0.474. The Kier molecular flexibility index (Phi) is 17.2. The molecule has 22 nitrogen and oxygen atoms in total. The van der Waals surface area contributed by atoms with Crippen molar-refractivity contribution >= 4 is 81.4 Å². The lowest BCUT2D eigenvalue weighted by Gasteiger charge is -2.27. The first kappa shape index (κ1) is 46.5. The van der Waals surface area contributed by atoms with Gasteiger partial charge in [0, 0.05) is 55.5 Å². The van der Waals surface area contributed by atoms with Crippen molar-refractivity contribution in [2.45, 2.75) is 22.6 Å². The van der Waals surface area contributed by atoms with Crippen LogP contribution in [-0.2, 0) is 29.0 Å². The number of rotatable bonds is 22. The van der Waals surface area contributed by atoms with Crippen LogP contribution in [0.2, 0.25) is 0 Å². The van der Waals surface area contributed by atoms with Crippen molar-refractivity contribution in [2.24, 2.45) is 0 Å². The third kappa shape index (κ3) is 14.3. The maximum atomic E-state index is 12.8. The van der Waals surface area contributed by atoms with Gasteiger partial charge in [-0.2, -0.15) is 38.3 Å². The lowest BCUT2D eigenvalue weighted by molar-refractivity contribution is -0.432. The number of hydrogen-bond acceptors (Lipinski definition) is 22. The largest absolute Gasteiger partial charge is 0.378 e. The summed E-state index contributed by atoms with van der Waals surface area (Å²) >= 11 is 0.716. The SMILES string of the molecule is CN(C)CCCNc1nc(Nc2ccc(/C=C/c3ccc(Nc4nc(NCCCN(C)C)nc(N5CCOCC5)n4)cc3S(=O)(=O)O)c(SOOO)c2)nc(N2CCOCC2)n1. The van der Waals surface area contributed by atoms with Crippen LogP contribution in [-0.4, -0.2) is 165 Å². The normalized spacial score (nSPS) is 14.8. The summed E-state index contributed by atoms with van der Waals surface area (Å²) in [5, 5.41) is 25.8. The molecule has 0 amide bonds. The van der Waals surface area contributed by atoms with Crippen LogP contribution >= 0.6 is 12.0 Å². The van der Waals surface area contributed by atoms with E-state index < -0.39 is 10.1 Å². The predicted octanol–water partition coefficient (Wildman–Crippen LogP) is 3.79. The van der Waals surface area contributed by atoms with Gasteiger partial charge in [0.1, 0.15) is 4.90 Å². The highest BCUT2D eigenvalue weighted by Crippen LogP contribution is 2.32. The van der Waals surface area contributed by atoms with Crippen molar-refractivity contribution in [1.29, 1.82) is 0 Å². The summed E-state index contributed by atoms with van der Waals surface area (Å²) in [5.74, 6) is 2.21. The number of anilines is 8. The molecule has 0 spiro atoms. The molecule has 0 atom stereocenters. The summed E-state index contributed by atoms with van der Waals surface area (Å²) in [6.07, 6.45) is 4.91. The van der Waals surface area contributed by atoms with Gasteiger partial charge in [-0.15, -0.1) is 4.33 Å². The molecule has 2 fully saturated rings. The van der Waals surface area contributed by atoms with E-state index in [1.165, 1.54) is 12.1 Å². The Morgan fingerprint density at radius 2 is 1.18 bits per heavy atom. The molecule has 0 saturated carbocycles. The lowest BCUT2D eigenvalue weighted by atomic mass is 10.1. The van der Waals surface area contributed by atoms with Gasteiger partial charge in [-0.1, -0.05) is 29.3 Å². The number of aromatic nitrogens is 6. The van der Waals surface area contributed by atoms with E-state index in [9.17, 15) is 13.0 Å². The molecular weight excluding hydrogens is 845 g/mol. The van der Waals surface area contributed by atoms with Gasteiger partial charge in [-0.3, -0.25) is 4.55 Å². The molecule has 336 valence electrons. The van der Waals surface area contributed by atoms with Gasteiger partial charge in [-0.25, -0.2) is 5.26 Å². The molecule has 4 heterocycles. The number of hydrogen-bond donors (Lipinski definition) is 6. The highest BCUT2D eigenvalue weighted by Gasteiger charge is 2.20. The van der Waals surface area contributed by atoms with Crippen LogP contribution in [0.4, 0.5) is 47.1 Å². The number of nitrogens with zero attached hydrogens (tertiary/aromatic N) is 10. The fourth-order valence-corrected chi connectivity index (χ4v) is 7.51. The molecule has 2 aromatic heterocycles. The quantitative estimate of drug-likeness (QED) is 0.0164. The molecule has 2 saturated heterocycles. The molecule has 2 aliphatic rings. The number of morpholine rings is 2. The van der Waals surface area contributed by atoms with Crippen molar-refractivity contribution in [3.63, 3.8) is 0 Å². The lowest BCUT2D eigenvalue weighted by Crippen LogP contribution is -2.37. The first-order chi connectivity index (χ1) is 29.9. The Morgan fingerprint density at radius 3 is 1.66 bits per heavy atom. The van der Waals surface area contributed by atoms with Crippen molar-refractivity contribution in [1.82, 2.24) is 39.7 Å². The van der Waals surface area contributed by atoms with Gasteiger partial charge >= 0.3 is 0 Å². The summed E-state index contributed by atoms with van der Waals surface area (Å²) in [4.78, 5) is 36.0. The molecule has 0 aliphatic carbocycles. The molecule has 24 heteroatoms. The zero-order valence-electron chi connectivity index (χ0n) is 35.2. The predicted molar refractivity (Wildman–Crippen MR) is 238 cm³/mol. The van der Waals surface area contributed by atoms with Crippen LogP contribution in [0.15, 0.2) is 46.2 Å². The summed E-state index contributed by atoms with van der Waals surface area (Å²) in [5.41, 5.74) is 1.63. The zero-order valence-corrected chi connectivity index (χ0v) is 36.8. The van der Waals surface area contributed by atoms with Gasteiger partial charge in [0.05, 0.1) is 38.5 Å². The zero-order chi connectivity index (χ0) is 43.9. The van der Waals surface area contributed by atoms with E-state index in [0.717, 1.165) is 25.9 Å². The summed E-state index contributed by atoms with van der Waals surface area (Å²) in [7, 11) is 3.33. The van der Waals surface area contributed by atoms with Crippen LogP contribution in [0, 0.1) is 0 Å². The van der Waals surface area contributed by atoms with Crippen LogP contribution in [0.25, 0.3) is 12.2 Å². The first-order valence-corrected chi connectivity index (χ1v) is 22.2. The van der Waals surface area contributed by atoms with Crippen LogP contribution in [0.5, 0.6) is 0 Å². The minimum Gasteiger partial charge on any atom is -0.378 e. The van der Waals surface area contributed by atoms with Crippen molar-refractivity contribution < 1.29 is 37.1 Å². The molecule has 0 radical (unpaired) electrons. The maximum Gasteiger partial charge on any atom is 0.295 e. The number of ether oxygens (including phenoxy) is 2. The van der Waals surface area contributed by atoms with Crippen LogP contribution in [0.1, 0.15) is 24.0 Å². The first-order valence-electron chi connectivity index (χ1n) is 20.0. The van der Waals surface area contributed by atoms with Crippen molar-refractivity contribution in [2.75, 3.05) is 138 Å². The smallest absolute Gasteiger partial charge is 0.295 e. The third-order valence-electron chi connectivity index (χ3n) is 9.38. The molecule has 6 rings (SSSR count). The van der Waals surface area contributed by atoms with E-state index in [4.69, 9.17) is 19.1 Å². The summed E-state index contributed by atoms with van der Waals surface area (Å²) in [6.45, 7) is 7.71. The Hall–Kier alpha value is -5.02. The van der Waals surface area contributed by atoms with E-state index in [-0.39, 0.29) is 16.4 Å². The van der Waals surface area contributed by atoms with Crippen molar-refractivity contribution in [3.8, 4) is 0 Å². The number of benzene rings is 2. The molecule has 2 aliphatic heterocycles. The van der Waals surface area contributed by atoms with E-state index >= 15 is 0 Å². The average Bonchev–Trinajstić information content (AvgIpc) is 3.26. The van der Waals surface area contributed by atoms with Gasteiger partial charge in [0.25, 0.3) is 10.1 Å². The molecule has 0 bridgehead atoms. The highest BCUT2D eigenvalue weighted by atomic mass is 32.2. The Morgan fingerprint density at radius 1 is 0.710 bits per heavy atom. The van der Waals surface area contributed by atoms with E-state index in [1.54, 1.807) is 36.4 Å². The second kappa shape index (κ2) is 22.9. The average molecular weight is 899 g/mol. The molecular formula is C38H54N14O8S2. The minimum absolute atomic E-state index is 0.185. The summed E-state index contributed by atoms with van der Waals surface area (Å²) < 4.78 is 51.7. The molecule has 62 heavy (non-hydrogen) atoms. The monoisotopic (exact) mass is 898 g/mol. The Labute approximate surface area is 365 Å². The highest BCUT2D eigenvalue weighted by molar-refractivity contribution is 7.94. The topological polar surface area (TPSA) is 250 Å². The second-order valence-electron chi connectivity index (χ2n) is 14.7. The maximum absolute atomic E-state index is 12.8. The third-order valence-corrected chi connectivity index (χ3v) is 11.0. The Bertz CT molecular complexity index is 2210. The Balaban J connectivity index is 1.23. The van der Waals surface area contributed by atoms with Gasteiger partial charge in [-0.05, 0) is 89.5 Å². The van der Waals surface area contributed by atoms with Gasteiger partial charge in [0.2, 0.25) is 35.7 Å². The van der Waals surface area contributed by atoms with E-state index in [1.807, 2.05) is 38.0 Å². The minimum atomic E-state index is -4.71. The van der Waals surface area contributed by atoms with Crippen LogP contribution in [0.3, 0.4) is 0 Å². The number of nitrogens with one attached hydrogen (secondary N) is 4. The van der Waals surface area contributed by atoms with Gasteiger partial charge < -0.3 is 50.3 Å².